The number of ether oxygens (including phenoxy) is 2. The van der Waals surface area contributed by atoms with Crippen molar-refractivity contribution in [3.8, 4) is 5.75 Å². The second kappa shape index (κ2) is 6.03. The number of fused-ring (bicyclic) bond motifs is 1. The highest BCUT2D eigenvalue weighted by Crippen LogP contribution is 2.28. The number of aliphatic hydroxyl groups is 1. The molecule has 0 saturated heterocycles. The second-order valence-electron chi connectivity index (χ2n) is 4.45. The van der Waals surface area contributed by atoms with Crippen molar-refractivity contribution in [1.82, 2.24) is 0 Å². The largest absolute Gasteiger partial charge is 0.465 e. The summed E-state index contributed by atoms with van der Waals surface area (Å²) in [5.41, 5.74) is 1.93. The van der Waals surface area contributed by atoms with Crippen LogP contribution in [0, 0.1) is 0 Å². The second-order valence-corrected chi connectivity index (χ2v) is 4.45. The van der Waals surface area contributed by atoms with Gasteiger partial charge in [-0.05, 0) is 24.1 Å². The van der Waals surface area contributed by atoms with Crippen molar-refractivity contribution in [1.29, 1.82) is 0 Å². The zero-order valence-corrected chi connectivity index (χ0v) is 10.3. The molecule has 0 spiro atoms. The van der Waals surface area contributed by atoms with E-state index in [1.165, 1.54) is 12.8 Å². The number of hydrogen-bond acceptors (Lipinski definition) is 3. The van der Waals surface area contributed by atoms with Crippen LogP contribution < -0.4 is 4.74 Å². The molecule has 2 rings (SSSR count). The van der Waals surface area contributed by atoms with E-state index in [0.29, 0.717) is 6.61 Å². The Hall–Kier alpha value is -1.06. The summed E-state index contributed by atoms with van der Waals surface area (Å²) in [5, 5.41) is 9.05. The van der Waals surface area contributed by atoms with Crippen LogP contribution in [0.25, 0.3) is 0 Å². The van der Waals surface area contributed by atoms with E-state index < -0.39 is 0 Å². The Morgan fingerprint density at radius 2 is 2.24 bits per heavy atom. The zero-order chi connectivity index (χ0) is 12.1. The molecule has 1 N–H and O–H groups in total. The van der Waals surface area contributed by atoms with Crippen molar-refractivity contribution in [2.75, 3.05) is 0 Å². The minimum atomic E-state index is -0.103. The first-order valence-corrected chi connectivity index (χ1v) is 6.34. The molecule has 0 aromatic heterocycles. The molecule has 0 bridgehead atoms. The van der Waals surface area contributed by atoms with Crippen molar-refractivity contribution in [2.24, 2.45) is 0 Å². The van der Waals surface area contributed by atoms with Gasteiger partial charge in [0.2, 0.25) is 0 Å². The predicted molar refractivity (Wildman–Crippen MR) is 65.7 cm³/mol. The topological polar surface area (TPSA) is 38.7 Å². The van der Waals surface area contributed by atoms with Crippen molar-refractivity contribution in [3.63, 3.8) is 0 Å². The lowest BCUT2D eigenvalue weighted by atomic mass is 10.1. The summed E-state index contributed by atoms with van der Waals surface area (Å²) in [5.74, 6) is 0.898. The van der Waals surface area contributed by atoms with Gasteiger partial charge in [-0.2, -0.15) is 0 Å². The van der Waals surface area contributed by atoms with Crippen molar-refractivity contribution in [2.45, 2.75) is 52.1 Å². The van der Waals surface area contributed by atoms with Crippen LogP contribution >= 0.6 is 0 Å². The zero-order valence-electron chi connectivity index (χ0n) is 10.3. The fourth-order valence-electron chi connectivity index (χ4n) is 2.02. The van der Waals surface area contributed by atoms with E-state index in [9.17, 15) is 0 Å². The van der Waals surface area contributed by atoms with Crippen molar-refractivity contribution >= 4 is 0 Å². The molecular formula is C14H20O3. The van der Waals surface area contributed by atoms with Gasteiger partial charge in [0, 0.05) is 12.0 Å². The van der Waals surface area contributed by atoms with E-state index in [1.807, 2.05) is 18.2 Å². The number of aliphatic hydroxyl groups excluding tert-OH is 1. The van der Waals surface area contributed by atoms with Crippen molar-refractivity contribution in [3.05, 3.63) is 29.3 Å². The maximum atomic E-state index is 9.05. The fraction of sp³-hybridized carbons (Fsp3) is 0.571. The molecule has 0 fully saturated rings. The summed E-state index contributed by atoms with van der Waals surface area (Å²) in [6.07, 6.45) is 4.43. The van der Waals surface area contributed by atoms with Gasteiger partial charge in [0.1, 0.15) is 5.75 Å². The number of benzene rings is 1. The molecule has 1 unspecified atom stereocenters. The van der Waals surface area contributed by atoms with Crippen LogP contribution in [0.2, 0.25) is 0 Å². The normalized spacial score (nSPS) is 18.6. The maximum Gasteiger partial charge on any atom is 0.200 e. The Bertz CT molecular complexity index is 362. The first-order chi connectivity index (χ1) is 8.33. The molecule has 3 heteroatoms. The number of rotatable bonds is 5. The Morgan fingerprint density at radius 1 is 1.35 bits per heavy atom. The summed E-state index contributed by atoms with van der Waals surface area (Å²) in [6, 6.07) is 5.76. The molecular weight excluding hydrogens is 216 g/mol. The lowest BCUT2D eigenvalue weighted by Gasteiger charge is -2.26. The molecule has 1 aromatic rings. The molecule has 1 aliphatic heterocycles. The van der Waals surface area contributed by atoms with Crippen LogP contribution in [0.1, 0.15) is 43.7 Å². The van der Waals surface area contributed by atoms with Gasteiger partial charge in [0.25, 0.3) is 0 Å². The van der Waals surface area contributed by atoms with Crippen LogP contribution in [-0.4, -0.2) is 11.4 Å². The predicted octanol–water partition coefficient (Wildman–Crippen LogP) is 2.99. The molecule has 17 heavy (non-hydrogen) atoms. The monoisotopic (exact) mass is 236 g/mol. The van der Waals surface area contributed by atoms with E-state index in [0.717, 1.165) is 29.7 Å². The van der Waals surface area contributed by atoms with Crippen LogP contribution in [0.5, 0.6) is 5.75 Å². The van der Waals surface area contributed by atoms with Crippen molar-refractivity contribution < 1.29 is 14.6 Å². The van der Waals surface area contributed by atoms with Crippen LogP contribution in [0.15, 0.2) is 18.2 Å². The number of unbranched alkanes of at least 4 members (excludes halogenated alkanes) is 2. The molecule has 0 radical (unpaired) electrons. The van der Waals surface area contributed by atoms with Gasteiger partial charge < -0.3 is 14.6 Å². The van der Waals surface area contributed by atoms with Gasteiger partial charge in [0.05, 0.1) is 13.2 Å². The highest BCUT2D eigenvalue weighted by atomic mass is 16.7. The molecule has 0 saturated carbocycles. The lowest BCUT2D eigenvalue weighted by molar-refractivity contribution is -0.112. The average molecular weight is 236 g/mol. The summed E-state index contributed by atoms with van der Waals surface area (Å²) >= 11 is 0. The Balaban J connectivity index is 1.94. The minimum absolute atomic E-state index is 0.0627. The molecule has 1 atom stereocenters. The first-order valence-electron chi connectivity index (χ1n) is 6.34. The highest BCUT2D eigenvalue weighted by Gasteiger charge is 2.19. The summed E-state index contributed by atoms with van der Waals surface area (Å²) in [7, 11) is 0. The van der Waals surface area contributed by atoms with E-state index in [4.69, 9.17) is 14.6 Å². The third kappa shape index (κ3) is 3.20. The molecule has 0 amide bonds. The van der Waals surface area contributed by atoms with Crippen LogP contribution in [-0.2, 0) is 18.0 Å². The fourth-order valence-corrected chi connectivity index (χ4v) is 2.02. The van der Waals surface area contributed by atoms with E-state index in [1.54, 1.807) is 0 Å². The highest BCUT2D eigenvalue weighted by molar-refractivity contribution is 5.37. The average Bonchev–Trinajstić information content (AvgIpc) is 2.38. The smallest absolute Gasteiger partial charge is 0.200 e. The standard InChI is InChI=1S/C14H20O3/c1-2-3-4-5-14-16-10-12-8-11(9-15)6-7-13(12)17-14/h6-8,14-15H,2-5,9-10H2,1H3. The van der Waals surface area contributed by atoms with Gasteiger partial charge in [-0.3, -0.25) is 0 Å². The van der Waals surface area contributed by atoms with Crippen LogP contribution in [0.3, 0.4) is 0 Å². The van der Waals surface area contributed by atoms with Gasteiger partial charge in [-0.25, -0.2) is 0 Å². The van der Waals surface area contributed by atoms with Gasteiger partial charge >= 0.3 is 0 Å². The molecule has 1 aromatic carbocycles. The third-order valence-electron chi connectivity index (χ3n) is 3.03. The first kappa shape index (κ1) is 12.4. The van der Waals surface area contributed by atoms with Gasteiger partial charge in [-0.15, -0.1) is 0 Å². The molecule has 3 nitrogen and oxygen atoms in total. The molecule has 1 aliphatic rings. The Kier molecular flexibility index (Phi) is 4.40. The SMILES string of the molecule is CCCCCC1OCc2cc(CO)ccc2O1. The Labute approximate surface area is 102 Å². The molecule has 1 heterocycles. The summed E-state index contributed by atoms with van der Waals surface area (Å²) in [6.45, 7) is 2.83. The molecule has 94 valence electrons. The van der Waals surface area contributed by atoms with Gasteiger partial charge in [0.15, 0.2) is 6.29 Å². The quantitative estimate of drug-likeness (QED) is 0.799. The van der Waals surface area contributed by atoms with E-state index >= 15 is 0 Å². The minimum Gasteiger partial charge on any atom is -0.465 e. The summed E-state index contributed by atoms with van der Waals surface area (Å²) in [4.78, 5) is 0. The van der Waals surface area contributed by atoms with E-state index in [-0.39, 0.29) is 12.9 Å². The number of hydrogen-bond donors (Lipinski definition) is 1. The Morgan fingerprint density at radius 3 is 3.00 bits per heavy atom. The van der Waals surface area contributed by atoms with Gasteiger partial charge in [-0.1, -0.05) is 25.8 Å². The third-order valence-corrected chi connectivity index (χ3v) is 3.03. The van der Waals surface area contributed by atoms with E-state index in [2.05, 4.69) is 6.92 Å². The molecule has 0 aliphatic carbocycles. The summed E-state index contributed by atoms with van der Waals surface area (Å²) < 4.78 is 11.4. The lowest BCUT2D eigenvalue weighted by Crippen LogP contribution is -2.25. The van der Waals surface area contributed by atoms with Crippen LogP contribution in [0.4, 0.5) is 0 Å². The maximum absolute atomic E-state index is 9.05.